The lowest BCUT2D eigenvalue weighted by atomic mass is 10.2. The topological polar surface area (TPSA) is 65.2 Å². The van der Waals surface area contributed by atoms with Crippen molar-refractivity contribution in [3.05, 3.63) is 52.0 Å². The Balaban J connectivity index is 1.47. The van der Waals surface area contributed by atoms with Crippen molar-refractivity contribution in [1.82, 2.24) is 14.8 Å². The summed E-state index contributed by atoms with van der Waals surface area (Å²) in [6.45, 7) is 1.79. The highest BCUT2D eigenvalue weighted by molar-refractivity contribution is 7.71. The smallest absolute Gasteiger partial charge is 0.198 e. The van der Waals surface area contributed by atoms with E-state index in [9.17, 15) is 0 Å². The molecule has 2 aromatic heterocycles. The van der Waals surface area contributed by atoms with Crippen LogP contribution in [0.5, 0.6) is 5.75 Å². The molecular weight excluding hydrogens is 374 g/mol. The van der Waals surface area contributed by atoms with E-state index >= 15 is 0 Å². The van der Waals surface area contributed by atoms with Crippen LogP contribution in [0.3, 0.4) is 0 Å². The average molecular weight is 392 g/mol. The molecule has 136 valence electrons. The highest BCUT2D eigenvalue weighted by Gasteiger charge is 2.20. The van der Waals surface area contributed by atoms with E-state index in [2.05, 4.69) is 10.2 Å². The summed E-state index contributed by atoms with van der Waals surface area (Å²) in [5.74, 6) is 2.74. The van der Waals surface area contributed by atoms with Crippen LogP contribution in [-0.2, 0) is 17.9 Å². The van der Waals surface area contributed by atoms with Gasteiger partial charge in [-0.05, 0) is 61.5 Å². The second kappa shape index (κ2) is 7.65. The van der Waals surface area contributed by atoms with Crippen molar-refractivity contribution in [3.8, 4) is 17.3 Å². The lowest BCUT2D eigenvalue weighted by molar-refractivity contribution is 0.0969. The largest absolute Gasteiger partial charge is 0.486 e. The minimum atomic E-state index is 0.167. The molecule has 3 aromatic rings. The van der Waals surface area contributed by atoms with Crippen molar-refractivity contribution in [2.75, 3.05) is 6.61 Å². The van der Waals surface area contributed by atoms with E-state index in [1.165, 1.54) is 0 Å². The van der Waals surface area contributed by atoms with Crippen molar-refractivity contribution >= 4 is 23.8 Å². The number of ether oxygens (including phenoxy) is 2. The lowest BCUT2D eigenvalue weighted by Gasteiger charge is -2.11. The maximum atomic E-state index is 5.89. The standard InChI is InChI=1S/C18H18ClN3O3S/c19-12-3-5-13(6-4-12)24-11-15-7-8-16(25-15)17-20-21-18(26)22(17)10-14-2-1-9-23-14/h3-8,14H,1-2,9-11H2,(H,21,26)/t14-/m0/s1. The van der Waals surface area contributed by atoms with E-state index in [1.807, 2.05) is 28.8 Å². The summed E-state index contributed by atoms with van der Waals surface area (Å²) >= 11 is 11.2. The van der Waals surface area contributed by atoms with E-state index in [0.29, 0.717) is 40.3 Å². The number of halogens is 1. The van der Waals surface area contributed by atoms with E-state index in [-0.39, 0.29) is 6.10 Å². The molecule has 1 fully saturated rings. The van der Waals surface area contributed by atoms with Gasteiger partial charge in [0.2, 0.25) is 0 Å². The fourth-order valence-corrected chi connectivity index (χ4v) is 3.26. The number of nitrogens with zero attached hydrogens (tertiary/aromatic N) is 2. The molecule has 3 heterocycles. The summed E-state index contributed by atoms with van der Waals surface area (Å²) in [7, 11) is 0. The van der Waals surface area contributed by atoms with Gasteiger partial charge in [-0.2, -0.15) is 5.10 Å². The van der Waals surface area contributed by atoms with Gasteiger partial charge in [0.05, 0.1) is 12.6 Å². The number of hydrogen-bond acceptors (Lipinski definition) is 5. The van der Waals surface area contributed by atoms with E-state index in [0.717, 1.165) is 25.2 Å². The molecule has 1 N–H and O–H groups in total. The predicted molar refractivity (Wildman–Crippen MR) is 99.9 cm³/mol. The summed E-state index contributed by atoms with van der Waals surface area (Å²) < 4.78 is 19.8. The average Bonchev–Trinajstić information content (AvgIpc) is 3.38. The lowest BCUT2D eigenvalue weighted by Crippen LogP contribution is -2.15. The van der Waals surface area contributed by atoms with Crippen LogP contribution in [0.1, 0.15) is 18.6 Å². The molecule has 1 atom stereocenters. The van der Waals surface area contributed by atoms with Crippen molar-refractivity contribution in [2.24, 2.45) is 0 Å². The Kier molecular flexibility index (Phi) is 5.10. The van der Waals surface area contributed by atoms with Gasteiger partial charge in [0.25, 0.3) is 0 Å². The molecule has 0 aliphatic carbocycles. The minimum Gasteiger partial charge on any atom is -0.486 e. The Morgan fingerprint density at radius 1 is 1.27 bits per heavy atom. The number of hydrogen-bond donors (Lipinski definition) is 1. The first kappa shape index (κ1) is 17.3. The van der Waals surface area contributed by atoms with Crippen LogP contribution in [0, 0.1) is 4.77 Å². The van der Waals surface area contributed by atoms with Gasteiger partial charge in [-0.1, -0.05) is 11.6 Å². The third-order valence-electron chi connectivity index (χ3n) is 4.25. The Morgan fingerprint density at radius 2 is 2.12 bits per heavy atom. The predicted octanol–water partition coefficient (Wildman–Crippen LogP) is 4.61. The van der Waals surface area contributed by atoms with Gasteiger partial charge in [-0.3, -0.25) is 9.67 Å². The first-order valence-corrected chi connectivity index (χ1v) is 9.22. The fourth-order valence-electron chi connectivity index (χ4n) is 2.93. The number of rotatable bonds is 6. The highest BCUT2D eigenvalue weighted by atomic mass is 35.5. The molecule has 1 aliphatic rings. The SMILES string of the molecule is S=c1[nH]nc(-c2ccc(COc3ccc(Cl)cc3)o2)n1C[C@@H]1CCCO1. The second-order valence-corrected chi connectivity index (χ2v) is 6.93. The Morgan fingerprint density at radius 3 is 2.88 bits per heavy atom. The van der Waals surface area contributed by atoms with E-state index in [1.54, 1.807) is 12.1 Å². The first-order valence-electron chi connectivity index (χ1n) is 8.43. The second-order valence-electron chi connectivity index (χ2n) is 6.11. The Labute approximate surface area is 160 Å². The number of furan rings is 1. The van der Waals surface area contributed by atoms with Crippen molar-refractivity contribution in [2.45, 2.75) is 32.1 Å². The molecule has 8 heteroatoms. The van der Waals surface area contributed by atoms with Crippen LogP contribution in [0.15, 0.2) is 40.8 Å². The van der Waals surface area contributed by atoms with Gasteiger partial charge in [0.1, 0.15) is 18.1 Å². The van der Waals surface area contributed by atoms with Crippen molar-refractivity contribution < 1.29 is 13.9 Å². The minimum absolute atomic E-state index is 0.167. The maximum absolute atomic E-state index is 5.89. The zero-order valence-electron chi connectivity index (χ0n) is 14.0. The first-order chi connectivity index (χ1) is 12.7. The number of benzene rings is 1. The molecule has 4 rings (SSSR count). The zero-order valence-corrected chi connectivity index (χ0v) is 15.6. The van der Waals surface area contributed by atoms with Crippen LogP contribution in [0.2, 0.25) is 5.02 Å². The summed E-state index contributed by atoms with van der Waals surface area (Å²) in [6, 6.07) is 11.0. The number of aromatic nitrogens is 3. The van der Waals surface area contributed by atoms with Crippen LogP contribution >= 0.6 is 23.8 Å². The van der Waals surface area contributed by atoms with Crippen LogP contribution in [0.4, 0.5) is 0 Å². The molecule has 0 unspecified atom stereocenters. The third kappa shape index (κ3) is 3.85. The van der Waals surface area contributed by atoms with Gasteiger partial charge in [-0.25, -0.2) is 0 Å². The molecule has 1 aromatic carbocycles. The summed E-state index contributed by atoms with van der Waals surface area (Å²) in [5.41, 5.74) is 0. The normalized spacial score (nSPS) is 16.9. The molecule has 1 saturated heterocycles. The molecule has 6 nitrogen and oxygen atoms in total. The van der Waals surface area contributed by atoms with Crippen molar-refractivity contribution in [3.63, 3.8) is 0 Å². The number of aromatic amines is 1. The van der Waals surface area contributed by atoms with E-state index in [4.69, 9.17) is 37.7 Å². The van der Waals surface area contributed by atoms with Gasteiger partial charge in [-0.15, -0.1) is 0 Å². The van der Waals surface area contributed by atoms with Crippen LogP contribution in [0.25, 0.3) is 11.6 Å². The number of H-pyrrole nitrogens is 1. The van der Waals surface area contributed by atoms with Gasteiger partial charge >= 0.3 is 0 Å². The summed E-state index contributed by atoms with van der Waals surface area (Å²) in [6.07, 6.45) is 2.28. The van der Waals surface area contributed by atoms with Crippen molar-refractivity contribution in [1.29, 1.82) is 0 Å². The molecular formula is C18H18ClN3O3S. The molecule has 1 aliphatic heterocycles. The van der Waals surface area contributed by atoms with Crippen LogP contribution < -0.4 is 4.74 Å². The van der Waals surface area contributed by atoms with Gasteiger partial charge < -0.3 is 13.9 Å². The molecule has 0 spiro atoms. The van der Waals surface area contributed by atoms with Crippen LogP contribution in [-0.4, -0.2) is 27.5 Å². The Hall–Kier alpha value is -2.09. The third-order valence-corrected chi connectivity index (χ3v) is 4.81. The van der Waals surface area contributed by atoms with Gasteiger partial charge in [0, 0.05) is 11.6 Å². The molecule has 0 radical (unpaired) electrons. The fraction of sp³-hybridized carbons (Fsp3) is 0.333. The quantitative estimate of drug-likeness (QED) is 0.621. The zero-order chi connectivity index (χ0) is 17.9. The molecule has 0 saturated carbocycles. The molecule has 0 bridgehead atoms. The van der Waals surface area contributed by atoms with Gasteiger partial charge in [0.15, 0.2) is 16.4 Å². The molecule has 26 heavy (non-hydrogen) atoms. The summed E-state index contributed by atoms with van der Waals surface area (Å²) in [4.78, 5) is 0. The monoisotopic (exact) mass is 391 g/mol. The number of nitrogens with one attached hydrogen (secondary N) is 1. The highest BCUT2D eigenvalue weighted by Crippen LogP contribution is 2.24. The summed E-state index contributed by atoms with van der Waals surface area (Å²) in [5, 5.41) is 7.82. The maximum Gasteiger partial charge on any atom is 0.198 e. The molecule has 0 amide bonds. The van der Waals surface area contributed by atoms with E-state index < -0.39 is 0 Å². The Bertz CT molecular complexity index is 926.